The van der Waals surface area contributed by atoms with Crippen LogP contribution in [0.15, 0.2) is 0 Å². The van der Waals surface area contributed by atoms with E-state index in [-0.39, 0.29) is 0 Å². The molecule has 0 spiro atoms. The predicted octanol–water partition coefficient (Wildman–Crippen LogP) is 2.67. The Balaban J connectivity index is 2.13. The van der Waals surface area contributed by atoms with Crippen molar-refractivity contribution in [3.63, 3.8) is 0 Å². The first-order valence-corrected chi connectivity index (χ1v) is 8.05. The fourth-order valence-electron chi connectivity index (χ4n) is 2.93. The van der Waals surface area contributed by atoms with Gasteiger partial charge in [-0.25, -0.2) is 9.97 Å². The second-order valence-corrected chi connectivity index (χ2v) is 6.30. The smallest absolute Gasteiger partial charge is 0.134 e. The van der Waals surface area contributed by atoms with E-state index in [1.807, 2.05) is 6.92 Å². The minimum atomic E-state index is 0.494. The summed E-state index contributed by atoms with van der Waals surface area (Å²) in [6.45, 7) is 11.8. The lowest BCUT2D eigenvalue weighted by Gasteiger charge is -2.35. The summed E-state index contributed by atoms with van der Waals surface area (Å²) in [6.07, 6.45) is 2.26. The van der Waals surface area contributed by atoms with Crippen LogP contribution in [0.2, 0.25) is 0 Å². The molecule has 5 heteroatoms. The zero-order valence-electron chi connectivity index (χ0n) is 14.0. The molecule has 2 unspecified atom stereocenters. The number of rotatable bonds is 5. The minimum Gasteiger partial charge on any atom is -0.370 e. The average molecular weight is 291 g/mol. The van der Waals surface area contributed by atoms with Crippen LogP contribution in [-0.4, -0.2) is 47.6 Å². The van der Waals surface area contributed by atoms with E-state index in [2.05, 4.69) is 53.3 Å². The van der Waals surface area contributed by atoms with Gasteiger partial charge in [-0.2, -0.15) is 0 Å². The molecule has 0 radical (unpaired) electrons. The second kappa shape index (κ2) is 7.07. The van der Waals surface area contributed by atoms with Crippen molar-refractivity contribution in [3.8, 4) is 0 Å². The quantitative estimate of drug-likeness (QED) is 0.873. The van der Waals surface area contributed by atoms with Crippen LogP contribution < -0.4 is 10.6 Å². The highest BCUT2D eigenvalue weighted by atomic mass is 15.1. The molecule has 0 aromatic carbocycles. The number of hydrogen-bond donors (Lipinski definition) is 2. The van der Waals surface area contributed by atoms with Gasteiger partial charge in [-0.15, -0.1) is 0 Å². The van der Waals surface area contributed by atoms with Crippen LogP contribution in [0.1, 0.15) is 38.1 Å². The normalized spacial score (nSPS) is 23.1. The summed E-state index contributed by atoms with van der Waals surface area (Å²) in [6, 6.07) is 0.494. The molecule has 1 aliphatic heterocycles. The number of aryl methyl sites for hydroxylation is 1. The third-order valence-electron chi connectivity index (χ3n) is 4.23. The monoisotopic (exact) mass is 291 g/mol. The maximum absolute atomic E-state index is 4.61. The molecule has 0 saturated carbocycles. The van der Waals surface area contributed by atoms with E-state index in [1.165, 1.54) is 0 Å². The Morgan fingerprint density at radius 3 is 2.62 bits per heavy atom. The fourth-order valence-corrected chi connectivity index (χ4v) is 2.93. The molecule has 2 N–H and O–H groups in total. The molecule has 0 bridgehead atoms. The number of nitrogens with one attached hydrogen (secondary N) is 2. The van der Waals surface area contributed by atoms with Crippen LogP contribution in [0.3, 0.4) is 0 Å². The van der Waals surface area contributed by atoms with Crippen LogP contribution >= 0.6 is 0 Å². The van der Waals surface area contributed by atoms with Crippen LogP contribution in [0.4, 0.5) is 11.6 Å². The lowest BCUT2D eigenvalue weighted by molar-refractivity contribution is 0.206. The molecule has 2 atom stereocenters. The van der Waals surface area contributed by atoms with Gasteiger partial charge in [0.1, 0.15) is 17.5 Å². The Hall–Kier alpha value is -1.36. The Kier molecular flexibility index (Phi) is 5.39. The van der Waals surface area contributed by atoms with E-state index in [0.29, 0.717) is 12.0 Å². The van der Waals surface area contributed by atoms with Gasteiger partial charge in [0.2, 0.25) is 0 Å². The van der Waals surface area contributed by atoms with Gasteiger partial charge < -0.3 is 15.5 Å². The highest BCUT2D eigenvalue weighted by Crippen LogP contribution is 2.24. The first-order chi connectivity index (χ1) is 10.0. The Bertz CT molecular complexity index is 474. The van der Waals surface area contributed by atoms with Crippen molar-refractivity contribution in [1.82, 2.24) is 14.9 Å². The summed E-state index contributed by atoms with van der Waals surface area (Å²) < 4.78 is 0. The average Bonchev–Trinajstić information content (AvgIpc) is 2.43. The molecule has 2 rings (SSSR count). The summed E-state index contributed by atoms with van der Waals surface area (Å²) in [5.74, 6) is 3.41. The summed E-state index contributed by atoms with van der Waals surface area (Å²) in [7, 11) is 2.19. The van der Waals surface area contributed by atoms with Gasteiger partial charge in [-0.3, -0.25) is 0 Å². The first-order valence-electron chi connectivity index (χ1n) is 8.05. The van der Waals surface area contributed by atoms with Crippen LogP contribution in [-0.2, 0) is 0 Å². The zero-order chi connectivity index (χ0) is 15.4. The maximum Gasteiger partial charge on any atom is 0.134 e. The first kappa shape index (κ1) is 16.0. The number of hydrogen-bond acceptors (Lipinski definition) is 5. The molecular weight excluding hydrogens is 262 g/mol. The van der Waals surface area contributed by atoms with Crippen molar-refractivity contribution in [1.29, 1.82) is 0 Å². The molecule has 118 valence electrons. The van der Waals surface area contributed by atoms with E-state index in [0.717, 1.165) is 55.5 Å². The van der Waals surface area contributed by atoms with Gasteiger partial charge in [-0.05, 0) is 46.2 Å². The summed E-state index contributed by atoms with van der Waals surface area (Å²) in [5.41, 5.74) is 1.13. The lowest BCUT2D eigenvalue weighted by atomic mass is 9.94. The number of aromatic nitrogens is 2. The summed E-state index contributed by atoms with van der Waals surface area (Å²) >= 11 is 0. The largest absolute Gasteiger partial charge is 0.370 e. The van der Waals surface area contributed by atoms with Crippen molar-refractivity contribution in [2.45, 2.75) is 46.6 Å². The Morgan fingerprint density at radius 2 is 1.95 bits per heavy atom. The van der Waals surface area contributed by atoms with Crippen molar-refractivity contribution in [3.05, 3.63) is 11.4 Å². The van der Waals surface area contributed by atoms with E-state index in [4.69, 9.17) is 0 Å². The highest BCUT2D eigenvalue weighted by Gasteiger charge is 2.25. The molecule has 1 aliphatic rings. The molecule has 1 saturated heterocycles. The molecule has 2 heterocycles. The second-order valence-electron chi connectivity index (χ2n) is 6.30. The number of anilines is 2. The van der Waals surface area contributed by atoms with E-state index >= 15 is 0 Å². The van der Waals surface area contributed by atoms with Crippen LogP contribution in [0.5, 0.6) is 0 Å². The fraction of sp³-hybridized carbons (Fsp3) is 0.750. The SMILES string of the molecule is CCCNc1nc(C)nc(NC2CCN(C)CC2C)c1C. The van der Waals surface area contributed by atoms with E-state index < -0.39 is 0 Å². The Labute approximate surface area is 128 Å². The van der Waals surface area contributed by atoms with Crippen LogP contribution in [0.25, 0.3) is 0 Å². The molecule has 21 heavy (non-hydrogen) atoms. The number of piperidine rings is 1. The highest BCUT2D eigenvalue weighted by molar-refractivity contribution is 5.57. The molecule has 1 fully saturated rings. The van der Waals surface area contributed by atoms with Crippen molar-refractivity contribution < 1.29 is 0 Å². The summed E-state index contributed by atoms with van der Waals surface area (Å²) in [5, 5.41) is 7.06. The molecule has 0 amide bonds. The van der Waals surface area contributed by atoms with Gasteiger partial charge in [0.25, 0.3) is 0 Å². The molecule has 5 nitrogen and oxygen atoms in total. The van der Waals surface area contributed by atoms with Gasteiger partial charge in [-0.1, -0.05) is 13.8 Å². The minimum absolute atomic E-state index is 0.494. The van der Waals surface area contributed by atoms with Crippen molar-refractivity contribution >= 4 is 11.6 Å². The molecule has 1 aromatic heterocycles. The topological polar surface area (TPSA) is 53.1 Å². The van der Waals surface area contributed by atoms with Gasteiger partial charge in [0.15, 0.2) is 0 Å². The van der Waals surface area contributed by atoms with Crippen molar-refractivity contribution in [2.75, 3.05) is 37.3 Å². The predicted molar refractivity (Wildman–Crippen MR) is 89.0 cm³/mol. The third kappa shape index (κ3) is 4.06. The standard InChI is InChI=1S/C16H29N5/c1-6-8-17-15-12(3)16(19-13(4)18-15)20-14-7-9-21(5)10-11(14)2/h11,14H,6-10H2,1-5H3,(H2,17,18,19,20). The Morgan fingerprint density at radius 1 is 1.24 bits per heavy atom. The van der Waals surface area contributed by atoms with Crippen molar-refractivity contribution in [2.24, 2.45) is 5.92 Å². The maximum atomic E-state index is 4.61. The number of likely N-dealkylation sites (tertiary alicyclic amines) is 1. The third-order valence-corrected chi connectivity index (χ3v) is 4.23. The lowest BCUT2D eigenvalue weighted by Crippen LogP contribution is -2.43. The van der Waals surface area contributed by atoms with Gasteiger partial charge in [0.05, 0.1) is 0 Å². The molecule has 1 aromatic rings. The van der Waals surface area contributed by atoms with E-state index in [9.17, 15) is 0 Å². The van der Waals surface area contributed by atoms with Gasteiger partial charge >= 0.3 is 0 Å². The zero-order valence-corrected chi connectivity index (χ0v) is 14.0. The summed E-state index contributed by atoms with van der Waals surface area (Å²) in [4.78, 5) is 11.5. The van der Waals surface area contributed by atoms with E-state index in [1.54, 1.807) is 0 Å². The van der Waals surface area contributed by atoms with Crippen LogP contribution in [0, 0.1) is 19.8 Å². The number of nitrogens with zero attached hydrogens (tertiary/aromatic N) is 3. The van der Waals surface area contributed by atoms with Gasteiger partial charge in [0, 0.05) is 24.7 Å². The molecule has 0 aliphatic carbocycles. The molecular formula is C16H29N5.